The van der Waals surface area contributed by atoms with Gasteiger partial charge >= 0.3 is 5.97 Å². The summed E-state index contributed by atoms with van der Waals surface area (Å²) in [6, 6.07) is -0.352. The Balaban J connectivity index is 2.78. The van der Waals surface area contributed by atoms with Crippen LogP contribution in [0, 0.1) is 5.92 Å². The summed E-state index contributed by atoms with van der Waals surface area (Å²) in [5.74, 6) is 0.630. The largest absolute Gasteiger partial charge is 0.468 e. The first-order chi connectivity index (χ1) is 9.31. The molecule has 0 amide bonds. The van der Waals surface area contributed by atoms with Crippen LogP contribution in [-0.4, -0.2) is 39.3 Å². The molecule has 114 valence electrons. The van der Waals surface area contributed by atoms with Gasteiger partial charge in [-0.3, -0.25) is 10.1 Å². The van der Waals surface area contributed by atoms with Crippen LogP contribution in [-0.2, 0) is 21.6 Å². The molecule has 1 aromatic rings. The maximum atomic E-state index is 11.8. The second kappa shape index (κ2) is 6.78. The number of nitrogens with one attached hydrogen (secondary N) is 1. The molecule has 20 heavy (non-hydrogen) atoms. The van der Waals surface area contributed by atoms with E-state index in [4.69, 9.17) is 4.74 Å². The molecule has 0 saturated heterocycles. The lowest BCUT2D eigenvalue weighted by molar-refractivity contribution is -0.144. The Hall–Kier alpha value is -1.50. The number of nitrogens with zero attached hydrogens (tertiary/aromatic N) is 4. The molecule has 1 aromatic heterocycles. The van der Waals surface area contributed by atoms with Crippen LogP contribution in [0.15, 0.2) is 0 Å². The Morgan fingerprint density at radius 2 is 2.10 bits per heavy atom. The number of ether oxygens (including phenoxy) is 1. The zero-order chi connectivity index (χ0) is 15.3. The molecule has 0 radical (unpaired) electrons. The Morgan fingerprint density at radius 1 is 1.45 bits per heavy atom. The summed E-state index contributed by atoms with van der Waals surface area (Å²) in [7, 11) is 1.40. The summed E-state index contributed by atoms with van der Waals surface area (Å²) >= 11 is 0. The lowest BCUT2D eigenvalue weighted by atomic mass is 9.99. The molecule has 0 saturated carbocycles. The van der Waals surface area contributed by atoms with Gasteiger partial charge in [0.05, 0.1) is 19.2 Å². The van der Waals surface area contributed by atoms with Crippen molar-refractivity contribution in [3.8, 4) is 0 Å². The minimum absolute atomic E-state index is 0.182. The normalized spacial score (nSPS) is 14.9. The molecule has 0 unspecified atom stereocenters. The first-order valence-corrected chi connectivity index (χ1v) is 6.90. The minimum atomic E-state index is -0.352. The van der Waals surface area contributed by atoms with Crippen LogP contribution in [0.25, 0.3) is 0 Å². The second-order valence-electron chi connectivity index (χ2n) is 5.95. The van der Waals surface area contributed by atoms with Gasteiger partial charge in [-0.25, -0.2) is 4.68 Å². The quantitative estimate of drug-likeness (QED) is 0.787. The van der Waals surface area contributed by atoms with Crippen molar-refractivity contribution in [2.45, 2.75) is 59.2 Å². The third-order valence-corrected chi connectivity index (χ3v) is 3.32. The number of hydrogen-bond donors (Lipinski definition) is 1. The van der Waals surface area contributed by atoms with Crippen molar-refractivity contribution in [2.24, 2.45) is 5.92 Å². The second-order valence-corrected chi connectivity index (χ2v) is 5.95. The van der Waals surface area contributed by atoms with Gasteiger partial charge in [-0.05, 0) is 37.1 Å². The Labute approximate surface area is 120 Å². The van der Waals surface area contributed by atoms with Gasteiger partial charge in [0.1, 0.15) is 6.04 Å². The fourth-order valence-corrected chi connectivity index (χ4v) is 1.92. The molecule has 0 aliphatic rings. The van der Waals surface area contributed by atoms with E-state index in [1.807, 2.05) is 34.6 Å². The van der Waals surface area contributed by atoms with E-state index in [9.17, 15) is 4.79 Å². The predicted molar refractivity (Wildman–Crippen MR) is 74.9 cm³/mol. The van der Waals surface area contributed by atoms with Crippen LogP contribution in [0.4, 0.5) is 0 Å². The van der Waals surface area contributed by atoms with Crippen molar-refractivity contribution < 1.29 is 9.53 Å². The number of methoxy groups -OCH3 is 1. The van der Waals surface area contributed by atoms with Gasteiger partial charge in [-0.15, -0.1) is 5.10 Å². The van der Waals surface area contributed by atoms with Crippen LogP contribution >= 0.6 is 0 Å². The number of tetrazole rings is 1. The smallest absolute Gasteiger partial charge is 0.323 e. The topological polar surface area (TPSA) is 81.9 Å². The van der Waals surface area contributed by atoms with Crippen LogP contribution < -0.4 is 5.32 Å². The highest BCUT2D eigenvalue weighted by molar-refractivity contribution is 5.75. The highest BCUT2D eigenvalue weighted by Crippen LogP contribution is 2.14. The van der Waals surface area contributed by atoms with E-state index < -0.39 is 0 Å². The average molecular weight is 283 g/mol. The zero-order valence-corrected chi connectivity index (χ0v) is 13.2. The van der Waals surface area contributed by atoms with Crippen molar-refractivity contribution in [2.75, 3.05) is 7.11 Å². The van der Waals surface area contributed by atoms with E-state index >= 15 is 0 Å². The molecule has 1 rings (SSSR count). The molecule has 1 N–H and O–H groups in total. The van der Waals surface area contributed by atoms with Gasteiger partial charge < -0.3 is 4.74 Å². The molecular formula is C13H25N5O2. The highest BCUT2D eigenvalue weighted by Gasteiger charge is 2.26. The average Bonchev–Trinajstić information content (AvgIpc) is 2.86. The van der Waals surface area contributed by atoms with E-state index in [1.165, 1.54) is 7.11 Å². The summed E-state index contributed by atoms with van der Waals surface area (Å²) in [5.41, 5.74) is -0.197. The Morgan fingerprint density at radius 3 is 2.60 bits per heavy atom. The van der Waals surface area contributed by atoms with Crippen LogP contribution in [0.1, 0.15) is 46.9 Å². The van der Waals surface area contributed by atoms with Crippen molar-refractivity contribution in [3.63, 3.8) is 0 Å². The number of carbonyl (C=O) groups is 1. The van der Waals surface area contributed by atoms with Crippen molar-refractivity contribution >= 4 is 5.97 Å². The van der Waals surface area contributed by atoms with Gasteiger partial charge in [0.15, 0.2) is 5.82 Å². The van der Waals surface area contributed by atoms with E-state index in [0.29, 0.717) is 12.4 Å². The Kier molecular flexibility index (Phi) is 5.62. The van der Waals surface area contributed by atoms with Crippen LogP contribution in [0.2, 0.25) is 0 Å². The molecule has 7 heteroatoms. The molecule has 2 atom stereocenters. The summed E-state index contributed by atoms with van der Waals surface area (Å²) < 4.78 is 6.60. The van der Waals surface area contributed by atoms with Gasteiger partial charge in [-0.1, -0.05) is 20.3 Å². The van der Waals surface area contributed by atoms with E-state index in [1.54, 1.807) is 4.68 Å². The highest BCUT2D eigenvalue weighted by atomic mass is 16.5. The first-order valence-electron chi connectivity index (χ1n) is 6.90. The summed E-state index contributed by atoms with van der Waals surface area (Å²) in [4.78, 5) is 11.8. The van der Waals surface area contributed by atoms with Crippen molar-refractivity contribution in [1.29, 1.82) is 0 Å². The maximum absolute atomic E-state index is 11.8. The van der Waals surface area contributed by atoms with Gasteiger partial charge in [0.25, 0.3) is 0 Å². The summed E-state index contributed by atoms with van der Waals surface area (Å²) in [6.45, 7) is 10.6. The fourth-order valence-electron chi connectivity index (χ4n) is 1.92. The lowest BCUT2D eigenvalue weighted by Gasteiger charge is -2.23. The minimum Gasteiger partial charge on any atom is -0.468 e. The number of hydrogen-bond acceptors (Lipinski definition) is 6. The number of carbonyl (C=O) groups excluding carboxylic acids is 1. The summed E-state index contributed by atoms with van der Waals surface area (Å²) in [6.07, 6.45) is 0.886. The molecule has 0 spiro atoms. The third kappa shape index (κ3) is 4.00. The predicted octanol–water partition coefficient (Wildman–Crippen LogP) is 1.11. The molecule has 1 heterocycles. The molecule has 0 fully saturated rings. The van der Waals surface area contributed by atoms with Crippen molar-refractivity contribution in [3.05, 3.63) is 5.82 Å². The molecule has 0 aliphatic heterocycles. The fraction of sp³-hybridized carbons (Fsp3) is 0.846. The first kappa shape index (κ1) is 16.6. The standard InChI is InChI=1S/C13H25N5O2/c1-7-9(2)11(12(19)20-6)14-8-10-15-16-17-18(10)13(3,4)5/h9,11,14H,7-8H2,1-6H3/t9-,11+/m1/s1. The summed E-state index contributed by atoms with van der Waals surface area (Å²) in [5, 5.41) is 14.9. The number of aromatic nitrogens is 4. The molecule has 7 nitrogen and oxygen atoms in total. The number of rotatable bonds is 6. The molecule has 0 aromatic carbocycles. The third-order valence-electron chi connectivity index (χ3n) is 3.32. The van der Waals surface area contributed by atoms with Gasteiger partial charge in [0.2, 0.25) is 0 Å². The SMILES string of the molecule is CC[C@@H](C)[C@H](NCc1nnnn1C(C)(C)C)C(=O)OC. The van der Waals surface area contributed by atoms with Crippen LogP contribution in [0.3, 0.4) is 0 Å². The lowest BCUT2D eigenvalue weighted by Crippen LogP contribution is -2.43. The van der Waals surface area contributed by atoms with E-state index in [2.05, 4.69) is 20.8 Å². The molecular weight excluding hydrogens is 258 g/mol. The Bertz CT molecular complexity index is 438. The molecule has 0 bridgehead atoms. The van der Waals surface area contributed by atoms with E-state index in [-0.39, 0.29) is 23.5 Å². The molecule has 0 aliphatic carbocycles. The number of esters is 1. The van der Waals surface area contributed by atoms with Gasteiger partial charge in [-0.2, -0.15) is 0 Å². The monoisotopic (exact) mass is 283 g/mol. The van der Waals surface area contributed by atoms with Gasteiger partial charge in [0, 0.05) is 0 Å². The van der Waals surface area contributed by atoms with Crippen molar-refractivity contribution in [1.82, 2.24) is 25.5 Å². The zero-order valence-electron chi connectivity index (χ0n) is 13.2. The maximum Gasteiger partial charge on any atom is 0.323 e. The van der Waals surface area contributed by atoms with Crippen LogP contribution in [0.5, 0.6) is 0 Å². The van der Waals surface area contributed by atoms with E-state index in [0.717, 1.165) is 6.42 Å².